The molecule has 1 fully saturated rings. The fourth-order valence-electron chi connectivity index (χ4n) is 1.57. The highest BCUT2D eigenvalue weighted by Crippen LogP contribution is 2.36. The molecule has 1 aromatic heterocycles. The third kappa shape index (κ3) is 2.84. The first-order valence-electron chi connectivity index (χ1n) is 5.84. The Morgan fingerprint density at radius 1 is 1.11 bits per heavy atom. The van der Waals surface area contributed by atoms with Crippen molar-refractivity contribution in [2.24, 2.45) is 0 Å². The Morgan fingerprint density at radius 2 is 1.58 bits per heavy atom. The van der Waals surface area contributed by atoms with Crippen LogP contribution in [-0.2, 0) is 9.31 Å². The van der Waals surface area contributed by atoms with Crippen LogP contribution in [0.2, 0.25) is 0 Å². The highest BCUT2D eigenvalue weighted by Gasteiger charge is 2.51. The molecule has 19 heavy (non-hydrogen) atoms. The molecule has 1 aromatic rings. The molecule has 0 bridgehead atoms. The van der Waals surface area contributed by atoms with Crippen LogP contribution in [-0.4, -0.2) is 34.9 Å². The van der Waals surface area contributed by atoms with E-state index in [1.807, 2.05) is 27.7 Å². The standard InChI is InChI=1S/C11H15BF2N2O3/c1-10(2)11(3,4)19-12(18-10)7-5-15-9(16-6-7)17-8(13)14/h5-6,8H,1-4H3. The normalized spacial score (nSPS) is 20.9. The lowest BCUT2D eigenvalue weighted by atomic mass is 9.81. The highest BCUT2D eigenvalue weighted by atomic mass is 19.3. The highest BCUT2D eigenvalue weighted by molar-refractivity contribution is 6.61. The minimum atomic E-state index is -2.94. The van der Waals surface area contributed by atoms with Crippen molar-refractivity contribution >= 4 is 12.6 Å². The first-order valence-corrected chi connectivity index (χ1v) is 5.84. The number of aromatic nitrogens is 2. The Morgan fingerprint density at radius 3 is 2.00 bits per heavy atom. The summed E-state index contributed by atoms with van der Waals surface area (Å²) in [6.45, 7) is 4.73. The van der Waals surface area contributed by atoms with E-state index in [4.69, 9.17) is 9.31 Å². The van der Waals surface area contributed by atoms with Crippen molar-refractivity contribution in [2.45, 2.75) is 45.5 Å². The van der Waals surface area contributed by atoms with Crippen LogP contribution in [0.25, 0.3) is 0 Å². The van der Waals surface area contributed by atoms with E-state index < -0.39 is 24.9 Å². The molecule has 0 atom stereocenters. The quantitative estimate of drug-likeness (QED) is 0.778. The molecule has 0 amide bonds. The van der Waals surface area contributed by atoms with Gasteiger partial charge < -0.3 is 14.0 Å². The van der Waals surface area contributed by atoms with Crippen molar-refractivity contribution in [3.8, 4) is 6.01 Å². The van der Waals surface area contributed by atoms with Gasteiger partial charge in [0, 0.05) is 17.9 Å². The predicted octanol–water partition coefficient (Wildman–Crippen LogP) is 1.38. The lowest BCUT2D eigenvalue weighted by molar-refractivity contribution is -0.0560. The molecule has 0 unspecified atom stereocenters. The van der Waals surface area contributed by atoms with Crippen LogP contribution >= 0.6 is 0 Å². The molecule has 0 radical (unpaired) electrons. The molecule has 8 heteroatoms. The summed E-state index contributed by atoms with van der Waals surface area (Å²) in [6.07, 6.45) is 2.71. The average molecular weight is 272 g/mol. The summed E-state index contributed by atoms with van der Waals surface area (Å²) >= 11 is 0. The molecule has 0 N–H and O–H groups in total. The van der Waals surface area contributed by atoms with E-state index in [0.717, 1.165) is 0 Å². The van der Waals surface area contributed by atoms with Gasteiger partial charge in [0.25, 0.3) is 0 Å². The van der Waals surface area contributed by atoms with Gasteiger partial charge in [0.2, 0.25) is 0 Å². The summed E-state index contributed by atoms with van der Waals surface area (Å²) < 4.78 is 39.6. The lowest BCUT2D eigenvalue weighted by Crippen LogP contribution is -2.41. The van der Waals surface area contributed by atoms with Gasteiger partial charge in [0.15, 0.2) is 0 Å². The Balaban J connectivity index is 2.12. The number of ether oxygens (including phenoxy) is 1. The number of halogens is 2. The minimum absolute atomic E-state index is 0.379. The summed E-state index contributed by atoms with van der Waals surface area (Å²) in [5, 5.41) is 0. The first kappa shape index (κ1) is 14.1. The van der Waals surface area contributed by atoms with E-state index in [0.29, 0.717) is 5.46 Å². The molecule has 0 spiro atoms. The Hall–Kier alpha value is -1.28. The van der Waals surface area contributed by atoms with Crippen LogP contribution in [0.4, 0.5) is 8.78 Å². The van der Waals surface area contributed by atoms with Gasteiger partial charge in [-0.05, 0) is 27.7 Å². The van der Waals surface area contributed by atoms with Crippen molar-refractivity contribution in [1.82, 2.24) is 9.97 Å². The Labute approximate surface area is 110 Å². The van der Waals surface area contributed by atoms with Crippen molar-refractivity contribution < 1.29 is 22.8 Å². The van der Waals surface area contributed by atoms with Gasteiger partial charge in [-0.2, -0.15) is 8.78 Å². The first-order chi connectivity index (χ1) is 8.71. The fourth-order valence-corrected chi connectivity index (χ4v) is 1.57. The molecule has 5 nitrogen and oxygen atoms in total. The molecular weight excluding hydrogens is 257 g/mol. The number of nitrogens with zero attached hydrogens (tertiary/aromatic N) is 2. The molecule has 104 valence electrons. The van der Waals surface area contributed by atoms with Crippen LogP contribution in [0.5, 0.6) is 6.01 Å². The summed E-state index contributed by atoms with van der Waals surface area (Å²) in [6, 6.07) is -0.379. The molecule has 0 aliphatic carbocycles. The zero-order chi connectivity index (χ0) is 14.3. The largest absolute Gasteiger partial charge is 0.498 e. The topological polar surface area (TPSA) is 53.5 Å². The second-order valence-corrected chi connectivity index (χ2v) is 5.27. The van der Waals surface area contributed by atoms with Gasteiger partial charge in [-0.3, -0.25) is 0 Å². The maximum atomic E-state index is 12.0. The van der Waals surface area contributed by atoms with Crippen molar-refractivity contribution in [1.29, 1.82) is 0 Å². The van der Waals surface area contributed by atoms with Crippen LogP contribution in [0.15, 0.2) is 12.4 Å². The van der Waals surface area contributed by atoms with Crippen LogP contribution < -0.4 is 10.2 Å². The van der Waals surface area contributed by atoms with Crippen LogP contribution in [0, 0.1) is 0 Å². The summed E-state index contributed by atoms with van der Waals surface area (Å²) in [5.41, 5.74) is -0.397. The van der Waals surface area contributed by atoms with Crippen molar-refractivity contribution in [3.63, 3.8) is 0 Å². The van der Waals surface area contributed by atoms with Gasteiger partial charge in [0.05, 0.1) is 11.2 Å². The second kappa shape index (κ2) is 4.68. The molecule has 1 aliphatic rings. The van der Waals surface area contributed by atoms with E-state index in [2.05, 4.69) is 14.7 Å². The van der Waals surface area contributed by atoms with E-state index in [1.165, 1.54) is 12.4 Å². The SMILES string of the molecule is CC1(C)OB(c2cnc(OC(F)F)nc2)OC1(C)C. The lowest BCUT2D eigenvalue weighted by Gasteiger charge is -2.32. The van der Waals surface area contributed by atoms with Crippen molar-refractivity contribution in [3.05, 3.63) is 12.4 Å². The summed E-state index contributed by atoms with van der Waals surface area (Å²) in [5.74, 6) is 0. The number of hydrogen-bond donors (Lipinski definition) is 0. The zero-order valence-corrected chi connectivity index (χ0v) is 11.2. The van der Waals surface area contributed by atoms with E-state index in [-0.39, 0.29) is 6.01 Å². The molecule has 2 rings (SSSR count). The summed E-state index contributed by atoms with van der Waals surface area (Å²) in [7, 11) is -0.620. The number of alkyl halides is 2. The van der Waals surface area contributed by atoms with Gasteiger partial charge in [0.1, 0.15) is 0 Å². The van der Waals surface area contributed by atoms with Gasteiger partial charge in [-0.25, -0.2) is 9.97 Å². The second-order valence-electron chi connectivity index (χ2n) is 5.27. The van der Waals surface area contributed by atoms with Crippen LogP contribution in [0.1, 0.15) is 27.7 Å². The molecular formula is C11H15BF2N2O3. The van der Waals surface area contributed by atoms with Gasteiger partial charge in [-0.1, -0.05) is 0 Å². The average Bonchev–Trinajstić information content (AvgIpc) is 2.48. The number of hydrogen-bond acceptors (Lipinski definition) is 5. The minimum Gasteiger partial charge on any atom is -0.401 e. The smallest absolute Gasteiger partial charge is 0.401 e. The Kier molecular flexibility index (Phi) is 3.48. The molecule has 1 saturated heterocycles. The van der Waals surface area contributed by atoms with E-state index in [1.54, 1.807) is 0 Å². The van der Waals surface area contributed by atoms with E-state index in [9.17, 15) is 8.78 Å². The van der Waals surface area contributed by atoms with Gasteiger partial charge >= 0.3 is 19.7 Å². The number of rotatable bonds is 3. The third-order valence-electron chi connectivity index (χ3n) is 3.37. The Bertz CT molecular complexity index is 438. The molecule has 0 saturated carbocycles. The maximum absolute atomic E-state index is 12.0. The fraction of sp³-hybridized carbons (Fsp3) is 0.636. The molecule has 0 aromatic carbocycles. The molecule has 2 heterocycles. The van der Waals surface area contributed by atoms with E-state index >= 15 is 0 Å². The maximum Gasteiger partial charge on any atom is 0.498 e. The molecule has 1 aliphatic heterocycles. The van der Waals surface area contributed by atoms with Crippen molar-refractivity contribution in [2.75, 3.05) is 0 Å². The van der Waals surface area contributed by atoms with Gasteiger partial charge in [-0.15, -0.1) is 0 Å². The zero-order valence-electron chi connectivity index (χ0n) is 11.2. The monoisotopic (exact) mass is 272 g/mol. The van der Waals surface area contributed by atoms with Crippen LogP contribution in [0.3, 0.4) is 0 Å². The summed E-state index contributed by atoms with van der Waals surface area (Å²) in [4.78, 5) is 7.37. The predicted molar refractivity (Wildman–Crippen MR) is 64.4 cm³/mol. The third-order valence-corrected chi connectivity index (χ3v) is 3.37.